The van der Waals surface area contributed by atoms with Crippen LogP contribution in [0.25, 0.3) is 0 Å². The molecule has 0 saturated carbocycles. The van der Waals surface area contributed by atoms with Crippen molar-refractivity contribution in [3.63, 3.8) is 0 Å². The van der Waals surface area contributed by atoms with Gasteiger partial charge in [0.15, 0.2) is 0 Å². The highest BCUT2D eigenvalue weighted by Gasteiger charge is 2.26. The second-order valence-electron chi connectivity index (χ2n) is 5.94. The van der Waals surface area contributed by atoms with Crippen molar-refractivity contribution in [1.29, 1.82) is 0 Å². The number of anilines is 1. The maximum Gasteiger partial charge on any atom is 0.260 e. The number of aryl methyl sites for hydroxylation is 1. The summed E-state index contributed by atoms with van der Waals surface area (Å²) in [7, 11) is 0. The molecule has 2 aromatic rings. The highest BCUT2D eigenvalue weighted by Crippen LogP contribution is 2.29. The van der Waals surface area contributed by atoms with Crippen LogP contribution in [0.4, 0.5) is 5.69 Å². The van der Waals surface area contributed by atoms with Crippen LogP contribution >= 0.6 is 0 Å². The summed E-state index contributed by atoms with van der Waals surface area (Å²) in [6.07, 6.45) is 6.59. The van der Waals surface area contributed by atoms with Crippen molar-refractivity contribution in [2.45, 2.75) is 25.8 Å². The Morgan fingerprint density at radius 1 is 1.14 bits per heavy atom. The van der Waals surface area contributed by atoms with Gasteiger partial charge < -0.3 is 10.2 Å². The average Bonchev–Trinajstić information content (AvgIpc) is 2.60. The number of para-hydroxylation sites is 1. The molecule has 0 bridgehead atoms. The van der Waals surface area contributed by atoms with Crippen LogP contribution in [0, 0.1) is 0 Å². The summed E-state index contributed by atoms with van der Waals surface area (Å²) in [5, 5.41) is 3.34. The molecule has 2 aliphatic rings. The Hall–Kier alpha value is -2.20. The molecule has 22 heavy (non-hydrogen) atoms. The number of aromatic nitrogens is 1. The van der Waals surface area contributed by atoms with E-state index in [0.717, 1.165) is 55.7 Å². The van der Waals surface area contributed by atoms with E-state index in [1.807, 2.05) is 23.2 Å². The zero-order valence-corrected chi connectivity index (χ0v) is 12.5. The SMILES string of the molecule is O=C(c1cncc2c1CCNC2)N1CCCc2ccccc21. The summed E-state index contributed by atoms with van der Waals surface area (Å²) in [5.41, 5.74) is 5.42. The van der Waals surface area contributed by atoms with Crippen molar-refractivity contribution in [3.05, 3.63) is 58.9 Å². The van der Waals surface area contributed by atoms with Gasteiger partial charge in [0, 0.05) is 31.2 Å². The smallest absolute Gasteiger partial charge is 0.260 e. The average molecular weight is 293 g/mol. The minimum absolute atomic E-state index is 0.0957. The molecule has 0 radical (unpaired) electrons. The Morgan fingerprint density at radius 2 is 2.05 bits per heavy atom. The minimum Gasteiger partial charge on any atom is -0.312 e. The first kappa shape index (κ1) is 13.5. The number of fused-ring (bicyclic) bond motifs is 2. The van der Waals surface area contributed by atoms with Gasteiger partial charge in [-0.25, -0.2) is 0 Å². The van der Waals surface area contributed by atoms with Gasteiger partial charge in [0.05, 0.1) is 5.56 Å². The van der Waals surface area contributed by atoms with Crippen LogP contribution in [0.1, 0.15) is 33.5 Å². The van der Waals surface area contributed by atoms with Gasteiger partial charge in [-0.05, 0) is 48.6 Å². The van der Waals surface area contributed by atoms with Crippen molar-refractivity contribution >= 4 is 11.6 Å². The molecule has 4 heteroatoms. The lowest BCUT2D eigenvalue weighted by molar-refractivity contribution is 0.0983. The van der Waals surface area contributed by atoms with Gasteiger partial charge in [-0.2, -0.15) is 0 Å². The number of hydrogen-bond donors (Lipinski definition) is 1. The van der Waals surface area contributed by atoms with Gasteiger partial charge in [0.2, 0.25) is 0 Å². The molecular formula is C18H19N3O. The first-order valence-corrected chi connectivity index (χ1v) is 7.91. The molecule has 1 aromatic carbocycles. The Kier molecular flexibility index (Phi) is 3.39. The summed E-state index contributed by atoms with van der Waals surface area (Å²) in [5.74, 6) is 0.0957. The molecule has 1 amide bonds. The van der Waals surface area contributed by atoms with Crippen LogP contribution in [0.2, 0.25) is 0 Å². The summed E-state index contributed by atoms with van der Waals surface area (Å²) < 4.78 is 0. The van der Waals surface area contributed by atoms with Gasteiger partial charge in [0.25, 0.3) is 5.91 Å². The normalized spacial score (nSPS) is 16.8. The van der Waals surface area contributed by atoms with Crippen LogP contribution < -0.4 is 10.2 Å². The van der Waals surface area contributed by atoms with Crippen LogP contribution in [-0.2, 0) is 19.4 Å². The standard InChI is InChI=1S/C18H19N3O/c22-18(16-12-20-11-14-10-19-8-7-15(14)16)21-9-3-5-13-4-1-2-6-17(13)21/h1-2,4,6,11-12,19H,3,5,7-10H2. The van der Waals surface area contributed by atoms with Gasteiger partial charge in [0.1, 0.15) is 0 Å². The zero-order chi connectivity index (χ0) is 14.9. The quantitative estimate of drug-likeness (QED) is 0.877. The van der Waals surface area contributed by atoms with Crippen molar-refractivity contribution in [1.82, 2.24) is 10.3 Å². The molecule has 4 rings (SSSR count). The molecule has 112 valence electrons. The maximum atomic E-state index is 13.1. The van der Waals surface area contributed by atoms with Crippen molar-refractivity contribution < 1.29 is 4.79 Å². The predicted molar refractivity (Wildman–Crippen MR) is 86.1 cm³/mol. The van der Waals surface area contributed by atoms with Crippen molar-refractivity contribution in [2.75, 3.05) is 18.0 Å². The first-order valence-electron chi connectivity index (χ1n) is 7.91. The topological polar surface area (TPSA) is 45.2 Å². The fourth-order valence-corrected chi connectivity index (χ4v) is 3.49. The van der Waals surface area contributed by atoms with E-state index >= 15 is 0 Å². The fourth-order valence-electron chi connectivity index (χ4n) is 3.49. The van der Waals surface area contributed by atoms with E-state index < -0.39 is 0 Å². The molecule has 0 saturated heterocycles. The lowest BCUT2D eigenvalue weighted by Crippen LogP contribution is -2.37. The van der Waals surface area contributed by atoms with E-state index in [-0.39, 0.29) is 5.91 Å². The monoisotopic (exact) mass is 293 g/mol. The molecule has 3 heterocycles. The van der Waals surface area contributed by atoms with Crippen LogP contribution in [0.5, 0.6) is 0 Å². The number of nitrogens with one attached hydrogen (secondary N) is 1. The third-order valence-electron chi connectivity index (χ3n) is 4.60. The van der Waals surface area contributed by atoms with Crippen LogP contribution in [-0.4, -0.2) is 24.0 Å². The third-order valence-corrected chi connectivity index (χ3v) is 4.60. The number of amides is 1. The van der Waals surface area contributed by atoms with E-state index in [4.69, 9.17) is 0 Å². The summed E-state index contributed by atoms with van der Waals surface area (Å²) >= 11 is 0. The Bertz CT molecular complexity index is 726. The van der Waals surface area contributed by atoms with Crippen molar-refractivity contribution in [2.24, 2.45) is 0 Å². The highest BCUT2D eigenvalue weighted by molar-refractivity contribution is 6.07. The third kappa shape index (κ3) is 2.20. The van der Waals surface area contributed by atoms with E-state index in [2.05, 4.69) is 22.4 Å². The molecule has 0 fully saturated rings. The van der Waals surface area contributed by atoms with Gasteiger partial charge >= 0.3 is 0 Å². The highest BCUT2D eigenvalue weighted by atomic mass is 16.2. The number of pyridine rings is 1. The maximum absolute atomic E-state index is 13.1. The van der Waals surface area contributed by atoms with Gasteiger partial charge in [-0.1, -0.05) is 18.2 Å². The molecular weight excluding hydrogens is 274 g/mol. The van der Waals surface area contributed by atoms with Gasteiger partial charge in [-0.15, -0.1) is 0 Å². The van der Waals surface area contributed by atoms with Gasteiger partial charge in [-0.3, -0.25) is 9.78 Å². The van der Waals surface area contributed by atoms with Crippen LogP contribution in [0.15, 0.2) is 36.7 Å². The predicted octanol–water partition coefficient (Wildman–Crippen LogP) is 2.32. The largest absolute Gasteiger partial charge is 0.312 e. The second kappa shape index (κ2) is 5.54. The fraction of sp³-hybridized carbons (Fsp3) is 0.333. The Labute approximate surface area is 130 Å². The number of benzene rings is 1. The molecule has 4 nitrogen and oxygen atoms in total. The number of hydrogen-bond acceptors (Lipinski definition) is 3. The summed E-state index contributed by atoms with van der Waals surface area (Å²) in [6.45, 7) is 2.52. The molecule has 0 aliphatic carbocycles. The first-order chi connectivity index (χ1) is 10.8. The Morgan fingerprint density at radius 3 is 3.00 bits per heavy atom. The molecule has 0 unspecified atom stereocenters. The molecule has 1 aromatic heterocycles. The van der Waals surface area contributed by atoms with Crippen molar-refractivity contribution in [3.8, 4) is 0 Å². The molecule has 0 spiro atoms. The van der Waals surface area contributed by atoms with E-state index in [1.165, 1.54) is 11.1 Å². The lowest BCUT2D eigenvalue weighted by atomic mass is 9.96. The molecule has 1 N–H and O–H groups in total. The molecule has 0 atom stereocenters. The second-order valence-corrected chi connectivity index (χ2v) is 5.94. The molecule has 2 aliphatic heterocycles. The number of rotatable bonds is 1. The van der Waals surface area contributed by atoms with Crippen LogP contribution in [0.3, 0.4) is 0 Å². The van der Waals surface area contributed by atoms with E-state index in [0.29, 0.717) is 0 Å². The number of nitrogens with zero attached hydrogens (tertiary/aromatic N) is 2. The number of carbonyl (C=O) groups is 1. The number of carbonyl (C=O) groups excluding carboxylic acids is 1. The van der Waals surface area contributed by atoms with E-state index in [9.17, 15) is 4.79 Å². The minimum atomic E-state index is 0.0957. The Balaban J connectivity index is 1.75. The summed E-state index contributed by atoms with van der Waals surface area (Å²) in [4.78, 5) is 19.3. The summed E-state index contributed by atoms with van der Waals surface area (Å²) in [6, 6.07) is 8.23. The lowest BCUT2D eigenvalue weighted by Gasteiger charge is -2.30. The zero-order valence-electron chi connectivity index (χ0n) is 12.5. The van der Waals surface area contributed by atoms with E-state index in [1.54, 1.807) is 6.20 Å².